The highest BCUT2D eigenvalue weighted by Crippen LogP contribution is 2.33. The lowest BCUT2D eigenvalue weighted by atomic mass is 9.89. The van der Waals surface area contributed by atoms with Crippen molar-refractivity contribution in [2.75, 3.05) is 6.54 Å². The predicted octanol–water partition coefficient (Wildman–Crippen LogP) is 2.61. The Labute approximate surface area is 84.3 Å². The first kappa shape index (κ1) is 8.04. The molecule has 0 radical (unpaired) electrons. The van der Waals surface area contributed by atoms with Crippen LogP contribution in [0.2, 0.25) is 0 Å². The maximum atomic E-state index is 4.53. The number of amidine groups is 1. The summed E-state index contributed by atoms with van der Waals surface area (Å²) in [7, 11) is 0. The minimum absolute atomic E-state index is 0.878. The molecule has 2 nitrogen and oxygen atoms in total. The van der Waals surface area contributed by atoms with Crippen molar-refractivity contribution in [1.29, 1.82) is 0 Å². The standard InChI is InChI=1S/C12H14N2/c1-9-8-14-7-6-10-4-2-3-5-11(10)12(14)13-9/h6-7H,1-5,8H2. The van der Waals surface area contributed by atoms with E-state index in [0.29, 0.717) is 0 Å². The van der Waals surface area contributed by atoms with Crippen molar-refractivity contribution in [3.05, 3.63) is 35.7 Å². The molecule has 0 N–H and O–H groups in total. The van der Waals surface area contributed by atoms with E-state index in [1.807, 2.05) is 0 Å². The lowest BCUT2D eigenvalue weighted by Crippen LogP contribution is -2.27. The molecule has 0 amide bonds. The minimum Gasteiger partial charge on any atom is -0.327 e. The Hall–Kier alpha value is -1.31. The van der Waals surface area contributed by atoms with Gasteiger partial charge in [0.1, 0.15) is 5.84 Å². The summed E-state index contributed by atoms with van der Waals surface area (Å²) < 4.78 is 0. The number of rotatable bonds is 0. The van der Waals surface area contributed by atoms with Gasteiger partial charge in [0.25, 0.3) is 0 Å². The first-order valence-corrected chi connectivity index (χ1v) is 5.28. The molecule has 0 aromatic rings. The summed E-state index contributed by atoms with van der Waals surface area (Å²) >= 11 is 0. The predicted molar refractivity (Wildman–Crippen MR) is 57.9 cm³/mol. The van der Waals surface area contributed by atoms with E-state index in [1.165, 1.54) is 42.7 Å². The van der Waals surface area contributed by atoms with E-state index in [2.05, 4.69) is 28.7 Å². The Bertz CT molecular complexity index is 385. The molecule has 0 aromatic carbocycles. The van der Waals surface area contributed by atoms with Gasteiger partial charge < -0.3 is 4.90 Å². The van der Waals surface area contributed by atoms with Gasteiger partial charge in [0.2, 0.25) is 0 Å². The summed E-state index contributed by atoms with van der Waals surface area (Å²) in [4.78, 5) is 6.75. The third-order valence-electron chi connectivity index (χ3n) is 3.13. The highest BCUT2D eigenvalue weighted by molar-refractivity contribution is 6.03. The number of nitrogens with zero attached hydrogens (tertiary/aromatic N) is 2. The lowest BCUT2D eigenvalue weighted by Gasteiger charge is -2.27. The van der Waals surface area contributed by atoms with Gasteiger partial charge in [-0.25, -0.2) is 4.99 Å². The van der Waals surface area contributed by atoms with Gasteiger partial charge in [-0.05, 0) is 42.9 Å². The largest absolute Gasteiger partial charge is 0.327 e. The van der Waals surface area contributed by atoms with Crippen LogP contribution in [-0.2, 0) is 0 Å². The fraction of sp³-hybridized carbons (Fsp3) is 0.417. The zero-order valence-corrected chi connectivity index (χ0v) is 8.29. The van der Waals surface area contributed by atoms with Crippen LogP contribution in [0.4, 0.5) is 0 Å². The van der Waals surface area contributed by atoms with Crippen LogP contribution in [0.15, 0.2) is 40.7 Å². The zero-order valence-electron chi connectivity index (χ0n) is 8.29. The number of allylic oxidation sites excluding steroid dienone is 2. The fourth-order valence-electron chi connectivity index (χ4n) is 2.43. The zero-order chi connectivity index (χ0) is 9.54. The van der Waals surface area contributed by atoms with Gasteiger partial charge >= 0.3 is 0 Å². The van der Waals surface area contributed by atoms with Crippen molar-refractivity contribution in [2.24, 2.45) is 4.99 Å². The topological polar surface area (TPSA) is 15.6 Å². The normalized spacial score (nSPS) is 25.0. The van der Waals surface area contributed by atoms with Crippen molar-refractivity contribution >= 4 is 5.84 Å². The van der Waals surface area contributed by atoms with Crippen LogP contribution in [0, 0.1) is 0 Å². The van der Waals surface area contributed by atoms with Crippen LogP contribution in [-0.4, -0.2) is 17.3 Å². The van der Waals surface area contributed by atoms with E-state index < -0.39 is 0 Å². The molecule has 0 saturated carbocycles. The SMILES string of the molecule is C=C1CN2C=CC3=C(CCCC3)C2=N1. The molecule has 0 saturated heterocycles. The third kappa shape index (κ3) is 1.07. The van der Waals surface area contributed by atoms with Gasteiger partial charge in [0, 0.05) is 6.20 Å². The molecule has 72 valence electrons. The molecule has 3 aliphatic rings. The molecule has 1 aliphatic carbocycles. The smallest absolute Gasteiger partial charge is 0.136 e. The molecule has 0 fully saturated rings. The molecule has 0 bridgehead atoms. The van der Waals surface area contributed by atoms with Gasteiger partial charge in [-0.1, -0.05) is 6.58 Å². The van der Waals surface area contributed by atoms with Crippen LogP contribution in [0.3, 0.4) is 0 Å². The van der Waals surface area contributed by atoms with E-state index in [0.717, 1.165) is 12.2 Å². The Morgan fingerprint density at radius 1 is 1.29 bits per heavy atom. The quantitative estimate of drug-likeness (QED) is 0.567. The summed E-state index contributed by atoms with van der Waals surface area (Å²) in [5.41, 5.74) is 3.96. The molecule has 2 heterocycles. The maximum absolute atomic E-state index is 4.53. The van der Waals surface area contributed by atoms with Gasteiger partial charge in [0.15, 0.2) is 0 Å². The second kappa shape index (κ2) is 2.84. The fourth-order valence-corrected chi connectivity index (χ4v) is 2.43. The molecule has 0 atom stereocenters. The lowest BCUT2D eigenvalue weighted by molar-refractivity contribution is 0.605. The number of hydrogen-bond acceptors (Lipinski definition) is 2. The maximum Gasteiger partial charge on any atom is 0.136 e. The summed E-state index contributed by atoms with van der Waals surface area (Å²) in [6.07, 6.45) is 9.48. The van der Waals surface area contributed by atoms with Crippen molar-refractivity contribution < 1.29 is 0 Å². The molecule has 3 rings (SSSR count). The van der Waals surface area contributed by atoms with Gasteiger partial charge in [0.05, 0.1) is 12.2 Å². The number of hydrogen-bond donors (Lipinski definition) is 0. The molecular formula is C12H14N2. The minimum atomic E-state index is 0.878. The molecule has 0 unspecified atom stereocenters. The van der Waals surface area contributed by atoms with Crippen molar-refractivity contribution in [1.82, 2.24) is 4.90 Å². The monoisotopic (exact) mass is 186 g/mol. The second-order valence-corrected chi connectivity index (χ2v) is 4.16. The van der Waals surface area contributed by atoms with Crippen LogP contribution in [0.1, 0.15) is 25.7 Å². The second-order valence-electron chi connectivity index (χ2n) is 4.16. The summed E-state index contributed by atoms with van der Waals surface area (Å²) in [5.74, 6) is 1.17. The van der Waals surface area contributed by atoms with Gasteiger partial charge in [-0.2, -0.15) is 0 Å². The number of aliphatic imine (C=N–C) groups is 1. The Kier molecular flexibility index (Phi) is 1.63. The highest BCUT2D eigenvalue weighted by Gasteiger charge is 2.27. The first-order chi connectivity index (χ1) is 6.84. The molecule has 0 spiro atoms. The Morgan fingerprint density at radius 3 is 3.07 bits per heavy atom. The molecule has 2 heteroatoms. The van der Waals surface area contributed by atoms with Gasteiger partial charge in [-0.3, -0.25) is 0 Å². The summed E-state index contributed by atoms with van der Waals surface area (Å²) in [6.45, 7) is 4.81. The van der Waals surface area contributed by atoms with Crippen LogP contribution >= 0.6 is 0 Å². The van der Waals surface area contributed by atoms with Gasteiger partial charge in [-0.15, -0.1) is 0 Å². The summed E-state index contributed by atoms with van der Waals surface area (Å²) in [6, 6.07) is 0. The first-order valence-electron chi connectivity index (χ1n) is 5.28. The van der Waals surface area contributed by atoms with E-state index in [4.69, 9.17) is 0 Å². The van der Waals surface area contributed by atoms with Crippen molar-refractivity contribution in [2.45, 2.75) is 25.7 Å². The van der Waals surface area contributed by atoms with E-state index in [1.54, 1.807) is 0 Å². The molecule has 0 aromatic heterocycles. The van der Waals surface area contributed by atoms with E-state index >= 15 is 0 Å². The van der Waals surface area contributed by atoms with E-state index in [-0.39, 0.29) is 0 Å². The average molecular weight is 186 g/mol. The van der Waals surface area contributed by atoms with Crippen molar-refractivity contribution in [3.63, 3.8) is 0 Å². The highest BCUT2D eigenvalue weighted by atomic mass is 15.2. The van der Waals surface area contributed by atoms with Crippen molar-refractivity contribution in [3.8, 4) is 0 Å². The summed E-state index contributed by atoms with van der Waals surface area (Å²) in [5, 5.41) is 0. The molecule has 14 heavy (non-hydrogen) atoms. The van der Waals surface area contributed by atoms with E-state index in [9.17, 15) is 0 Å². The Morgan fingerprint density at radius 2 is 2.14 bits per heavy atom. The average Bonchev–Trinajstić information content (AvgIpc) is 2.59. The van der Waals surface area contributed by atoms with Crippen LogP contribution < -0.4 is 0 Å². The Balaban J connectivity index is 2.07. The molecule has 2 aliphatic heterocycles. The third-order valence-corrected chi connectivity index (χ3v) is 3.13. The molecular weight excluding hydrogens is 172 g/mol. The van der Waals surface area contributed by atoms with Crippen LogP contribution in [0.5, 0.6) is 0 Å². The number of fused-ring (bicyclic) bond motifs is 2. The van der Waals surface area contributed by atoms with Crippen LogP contribution in [0.25, 0.3) is 0 Å².